The molecule has 23 heavy (non-hydrogen) atoms. The van der Waals surface area contributed by atoms with Crippen LogP contribution in [-0.4, -0.2) is 11.8 Å². The first kappa shape index (κ1) is 16.7. The number of nitrogens with one attached hydrogen (secondary N) is 2. The predicted molar refractivity (Wildman–Crippen MR) is 90.6 cm³/mol. The van der Waals surface area contributed by atoms with Crippen LogP contribution in [0.25, 0.3) is 0 Å². The highest BCUT2D eigenvalue weighted by Gasteiger charge is 2.20. The van der Waals surface area contributed by atoms with Crippen LogP contribution in [0.15, 0.2) is 60.7 Å². The fraction of sp³-hybridized carbons (Fsp3) is 0.263. The molecule has 0 aliphatic heterocycles. The molecule has 4 heteroatoms. The maximum absolute atomic E-state index is 12.1. The van der Waals surface area contributed by atoms with Crippen molar-refractivity contribution in [1.82, 2.24) is 10.6 Å². The van der Waals surface area contributed by atoms with Crippen molar-refractivity contribution in [3.05, 3.63) is 71.8 Å². The smallest absolute Gasteiger partial charge is 0.309 e. The van der Waals surface area contributed by atoms with Crippen molar-refractivity contribution in [3.63, 3.8) is 0 Å². The Morgan fingerprint density at radius 2 is 1.30 bits per heavy atom. The van der Waals surface area contributed by atoms with Gasteiger partial charge < -0.3 is 10.6 Å². The van der Waals surface area contributed by atoms with Crippen LogP contribution in [0.4, 0.5) is 0 Å². The summed E-state index contributed by atoms with van der Waals surface area (Å²) >= 11 is 0. The molecule has 0 saturated carbocycles. The molecular formula is C19H22N2O2. The second-order valence-electron chi connectivity index (χ2n) is 5.45. The van der Waals surface area contributed by atoms with Crippen molar-refractivity contribution >= 4 is 11.8 Å². The Morgan fingerprint density at radius 1 is 0.826 bits per heavy atom. The quantitative estimate of drug-likeness (QED) is 0.834. The molecule has 2 rings (SSSR count). The Bertz CT molecular complexity index is 641. The maximum atomic E-state index is 12.1. The summed E-state index contributed by atoms with van der Waals surface area (Å²) in [6.07, 6.45) is 0.720. The highest BCUT2D eigenvalue weighted by atomic mass is 16.2. The zero-order chi connectivity index (χ0) is 16.7. The van der Waals surface area contributed by atoms with E-state index in [1.165, 1.54) is 0 Å². The number of benzene rings is 2. The first-order valence-electron chi connectivity index (χ1n) is 7.83. The average Bonchev–Trinajstić information content (AvgIpc) is 2.60. The van der Waals surface area contributed by atoms with Gasteiger partial charge >= 0.3 is 11.8 Å². The molecule has 2 atom stereocenters. The highest BCUT2D eigenvalue weighted by molar-refractivity contribution is 6.35. The molecular weight excluding hydrogens is 288 g/mol. The zero-order valence-corrected chi connectivity index (χ0v) is 13.5. The third-order valence-electron chi connectivity index (χ3n) is 3.77. The van der Waals surface area contributed by atoms with Gasteiger partial charge in [0, 0.05) is 0 Å². The lowest BCUT2D eigenvalue weighted by molar-refractivity contribution is -0.140. The normalized spacial score (nSPS) is 13.0. The maximum Gasteiger partial charge on any atom is 0.309 e. The first-order valence-corrected chi connectivity index (χ1v) is 7.83. The average molecular weight is 310 g/mol. The Hall–Kier alpha value is -2.62. The molecule has 0 saturated heterocycles. The van der Waals surface area contributed by atoms with Crippen molar-refractivity contribution in [2.75, 3.05) is 0 Å². The summed E-state index contributed by atoms with van der Waals surface area (Å²) in [5.74, 6) is -1.22. The second kappa shape index (κ2) is 8.13. The minimum absolute atomic E-state index is 0.165. The number of carbonyl (C=O) groups excluding carboxylic acids is 2. The van der Waals surface area contributed by atoms with E-state index in [0.29, 0.717) is 0 Å². The molecule has 4 nitrogen and oxygen atoms in total. The van der Waals surface area contributed by atoms with E-state index >= 15 is 0 Å². The van der Waals surface area contributed by atoms with Crippen LogP contribution < -0.4 is 10.6 Å². The summed E-state index contributed by atoms with van der Waals surface area (Å²) in [5, 5.41) is 5.51. The van der Waals surface area contributed by atoms with Gasteiger partial charge in [-0.25, -0.2) is 0 Å². The Labute approximate surface area is 136 Å². The zero-order valence-electron chi connectivity index (χ0n) is 13.5. The molecule has 2 unspecified atom stereocenters. The fourth-order valence-electron chi connectivity index (χ4n) is 2.42. The van der Waals surface area contributed by atoms with Crippen molar-refractivity contribution in [2.45, 2.75) is 32.4 Å². The van der Waals surface area contributed by atoms with E-state index in [-0.39, 0.29) is 12.1 Å². The SMILES string of the molecule is CCC(NC(=O)C(=O)NC(C)c1ccccc1)c1ccccc1. The van der Waals surface area contributed by atoms with Crippen molar-refractivity contribution < 1.29 is 9.59 Å². The van der Waals surface area contributed by atoms with E-state index in [9.17, 15) is 9.59 Å². The van der Waals surface area contributed by atoms with E-state index in [2.05, 4.69) is 10.6 Å². The highest BCUT2D eigenvalue weighted by Crippen LogP contribution is 2.16. The van der Waals surface area contributed by atoms with Crippen molar-refractivity contribution in [1.29, 1.82) is 0 Å². The standard InChI is InChI=1S/C19H22N2O2/c1-3-17(16-12-8-5-9-13-16)21-19(23)18(22)20-14(2)15-10-6-4-7-11-15/h4-14,17H,3H2,1-2H3,(H,20,22)(H,21,23). The molecule has 2 aromatic rings. The fourth-order valence-corrected chi connectivity index (χ4v) is 2.42. The van der Waals surface area contributed by atoms with Gasteiger partial charge in [0.25, 0.3) is 0 Å². The molecule has 2 N–H and O–H groups in total. The molecule has 2 aromatic carbocycles. The van der Waals surface area contributed by atoms with E-state index in [1.54, 1.807) is 0 Å². The van der Waals surface area contributed by atoms with Crippen LogP contribution in [-0.2, 0) is 9.59 Å². The van der Waals surface area contributed by atoms with E-state index in [4.69, 9.17) is 0 Å². The van der Waals surface area contributed by atoms with Gasteiger partial charge in [-0.3, -0.25) is 9.59 Å². The molecule has 0 aromatic heterocycles. The van der Waals surface area contributed by atoms with Crippen LogP contribution >= 0.6 is 0 Å². The molecule has 0 aliphatic carbocycles. The number of hydrogen-bond acceptors (Lipinski definition) is 2. The van der Waals surface area contributed by atoms with Gasteiger partial charge in [-0.2, -0.15) is 0 Å². The van der Waals surface area contributed by atoms with E-state index in [1.807, 2.05) is 74.5 Å². The van der Waals surface area contributed by atoms with Crippen molar-refractivity contribution in [2.24, 2.45) is 0 Å². The first-order chi connectivity index (χ1) is 11.1. The Morgan fingerprint density at radius 3 is 1.83 bits per heavy atom. The number of hydrogen-bond donors (Lipinski definition) is 2. The Balaban J connectivity index is 1.95. The van der Waals surface area contributed by atoms with Gasteiger partial charge in [0.2, 0.25) is 0 Å². The third kappa shape index (κ3) is 4.68. The van der Waals surface area contributed by atoms with Crippen LogP contribution in [0.5, 0.6) is 0 Å². The summed E-state index contributed by atoms with van der Waals surface area (Å²) in [6.45, 7) is 3.83. The lowest BCUT2D eigenvalue weighted by atomic mass is 10.0. The van der Waals surface area contributed by atoms with Gasteiger partial charge in [-0.15, -0.1) is 0 Å². The van der Waals surface area contributed by atoms with Crippen LogP contribution in [0, 0.1) is 0 Å². The third-order valence-corrected chi connectivity index (χ3v) is 3.77. The summed E-state index contributed by atoms with van der Waals surface area (Å²) in [7, 11) is 0. The minimum atomic E-state index is -0.615. The lowest BCUT2D eigenvalue weighted by Crippen LogP contribution is -2.42. The number of amides is 2. The van der Waals surface area contributed by atoms with Gasteiger partial charge in [0.1, 0.15) is 0 Å². The molecule has 0 aliphatic rings. The van der Waals surface area contributed by atoms with E-state index < -0.39 is 11.8 Å². The molecule has 120 valence electrons. The van der Waals surface area contributed by atoms with E-state index in [0.717, 1.165) is 17.5 Å². The minimum Gasteiger partial charge on any atom is -0.341 e. The topological polar surface area (TPSA) is 58.2 Å². The second-order valence-corrected chi connectivity index (χ2v) is 5.45. The molecule has 2 amide bonds. The van der Waals surface area contributed by atoms with Crippen LogP contribution in [0.1, 0.15) is 43.5 Å². The summed E-state index contributed by atoms with van der Waals surface area (Å²) < 4.78 is 0. The number of carbonyl (C=O) groups is 2. The largest absolute Gasteiger partial charge is 0.341 e. The monoisotopic (exact) mass is 310 g/mol. The molecule has 0 bridgehead atoms. The molecule has 0 fully saturated rings. The van der Waals surface area contributed by atoms with Crippen molar-refractivity contribution in [3.8, 4) is 0 Å². The van der Waals surface area contributed by atoms with Crippen LogP contribution in [0.3, 0.4) is 0 Å². The number of rotatable bonds is 5. The summed E-state index contributed by atoms with van der Waals surface area (Å²) in [4.78, 5) is 24.2. The summed E-state index contributed by atoms with van der Waals surface area (Å²) in [5.41, 5.74) is 1.95. The molecule has 0 radical (unpaired) electrons. The molecule has 0 spiro atoms. The van der Waals surface area contributed by atoms with Gasteiger partial charge in [-0.1, -0.05) is 67.6 Å². The lowest BCUT2D eigenvalue weighted by Gasteiger charge is -2.18. The van der Waals surface area contributed by atoms with Crippen LogP contribution in [0.2, 0.25) is 0 Å². The summed E-state index contributed by atoms with van der Waals surface area (Å²) in [6, 6.07) is 18.8. The van der Waals surface area contributed by atoms with Gasteiger partial charge in [0.15, 0.2) is 0 Å². The predicted octanol–water partition coefficient (Wildman–Crippen LogP) is 3.13. The van der Waals surface area contributed by atoms with Gasteiger partial charge in [0.05, 0.1) is 12.1 Å². The molecule has 0 heterocycles. The van der Waals surface area contributed by atoms with Gasteiger partial charge in [-0.05, 0) is 24.5 Å². The Kier molecular flexibility index (Phi) is 5.92.